The van der Waals surface area contributed by atoms with Crippen molar-refractivity contribution in [2.45, 2.75) is 13.8 Å². The first kappa shape index (κ1) is 38.9. The van der Waals surface area contributed by atoms with Gasteiger partial charge in [-0.3, -0.25) is 0 Å². The minimum absolute atomic E-state index is 0.616. The Kier molecular flexibility index (Phi) is 9.95. The maximum Gasteiger partial charge on any atom is 0.179 e. The summed E-state index contributed by atoms with van der Waals surface area (Å²) < 4.78 is 2.41. The van der Waals surface area contributed by atoms with E-state index >= 15 is 0 Å². The van der Waals surface area contributed by atoms with Crippen LogP contribution in [0.4, 0.5) is 0 Å². The van der Waals surface area contributed by atoms with Crippen LogP contribution in [0.1, 0.15) is 11.1 Å². The van der Waals surface area contributed by atoms with Crippen LogP contribution in [0.5, 0.6) is 0 Å². The number of hydrogen-bond donors (Lipinski definition) is 0. The van der Waals surface area contributed by atoms with Crippen LogP contribution in [-0.2, 0) is 0 Å². The van der Waals surface area contributed by atoms with Crippen LogP contribution in [0.3, 0.4) is 0 Å². The van der Waals surface area contributed by atoms with Gasteiger partial charge in [0, 0.05) is 33.2 Å². The molecule has 0 saturated carbocycles. The van der Waals surface area contributed by atoms with Crippen molar-refractivity contribution in [1.29, 1.82) is 0 Å². The van der Waals surface area contributed by atoms with E-state index in [1.165, 1.54) is 53.7 Å². The molecule has 0 aliphatic rings. The molecule has 11 aromatic rings. The van der Waals surface area contributed by atoms with Gasteiger partial charge in [-0.05, 0) is 88.2 Å². The minimum atomic E-state index is -2.86. The summed E-state index contributed by atoms with van der Waals surface area (Å²) in [4.78, 5) is 15.7. The molecule has 5 heteroatoms. The molecule has 0 radical (unpaired) electrons. The van der Waals surface area contributed by atoms with Crippen molar-refractivity contribution in [2.75, 3.05) is 0 Å². The molecule has 0 amide bonds. The van der Waals surface area contributed by atoms with Gasteiger partial charge in [-0.2, -0.15) is 0 Å². The first-order valence-electron chi connectivity index (χ1n) is 21.9. The molecule has 304 valence electrons. The van der Waals surface area contributed by atoms with Crippen LogP contribution < -0.4 is 20.7 Å². The quantitative estimate of drug-likeness (QED) is 0.107. The van der Waals surface area contributed by atoms with Crippen molar-refractivity contribution in [3.63, 3.8) is 0 Å². The van der Waals surface area contributed by atoms with Gasteiger partial charge in [-0.1, -0.05) is 199 Å². The van der Waals surface area contributed by atoms with Crippen molar-refractivity contribution in [2.24, 2.45) is 0 Å². The third kappa shape index (κ3) is 6.83. The Morgan fingerprint density at radius 1 is 0.328 bits per heavy atom. The molecule has 9 aromatic carbocycles. The SMILES string of the molecule is Cc1ccc2c(c1)c1cc(C)ccc1n2-c1ccc(-c2nc(-c3ccccc3)nc(-c3ccccc3)n2)c(-c2cccc([Si](c3ccccc3)(c3ccccc3)c3ccccc3)c2)c1. The predicted molar refractivity (Wildman–Crippen MR) is 269 cm³/mol. The summed E-state index contributed by atoms with van der Waals surface area (Å²) in [7, 11) is -2.86. The van der Waals surface area contributed by atoms with Crippen molar-refractivity contribution < 1.29 is 0 Å². The lowest BCUT2D eigenvalue weighted by Crippen LogP contribution is -2.74. The number of aryl methyl sites for hydroxylation is 2. The average Bonchev–Trinajstić information content (AvgIpc) is 3.68. The molecule has 4 nitrogen and oxygen atoms in total. The zero-order valence-corrected chi connectivity index (χ0v) is 36.7. The number of nitrogens with zero attached hydrogens (tertiary/aromatic N) is 4. The molecule has 0 unspecified atom stereocenters. The molecule has 0 spiro atoms. The summed E-state index contributed by atoms with van der Waals surface area (Å²) in [5.74, 6) is 1.88. The van der Waals surface area contributed by atoms with Gasteiger partial charge in [0.05, 0.1) is 11.0 Å². The van der Waals surface area contributed by atoms with Gasteiger partial charge >= 0.3 is 0 Å². The maximum absolute atomic E-state index is 5.29. The second kappa shape index (κ2) is 16.4. The van der Waals surface area contributed by atoms with Gasteiger partial charge < -0.3 is 4.57 Å². The van der Waals surface area contributed by atoms with E-state index in [1.54, 1.807) is 0 Å². The fourth-order valence-corrected chi connectivity index (χ4v) is 14.3. The summed E-state index contributed by atoms with van der Waals surface area (Å²) in [5.41, 5.74) is 10.8. The third-order valence-electron chi connectivity index (χ3n) is 12.5. The Bertz CT molecular complexity index is 3230. The van der Waals surface area contributed by atoms with Crippen LogP contribution in [0.2, 0.25) is 0 Å². The summed E-state index contributed by atoms with van der Waals surface area (Å²) in [6.45, 7) is 4.34. The first-order chi connectivity index (χ1) is 31.5. The molecule has 11 rings (SSSR count). The van der Waals surface area contributed by atoms with Crippen LogP contribution in [-0.4, -0.2) is 27.6 Å². The summed E-state index contributed by atoms with van der Waals surface area (Å²) in [5, 5.41) is 7.75. The fraction of sp³-hybridized carbons (Fsp3) is 0.0339. The van der Waals surface area contributed by atoms with Gasteiger partial charge in [0.25, 0.3) is 0 Å². The number of aromatic nitrogens is 4. The maximum atomic E-state index is 5.29. The minimum Gasteiger partial charge on any atom is -0.309 e. The lowest BCUT2D eigenvalue weighted by Gasteiger charge is -2.34. The molecule has 2 heterocycles. The number of rotatable bonds is 9. The van der Waals surface area contributed by atoms with Crippen LogP contribution >= 0.6 is 0 Å². The van der Waals surface area contributed by atoms with Gasteiger partial charge in [0.1, 0.15) is 0 Å². The highest BCUT2D eigenvalue weighted by atomic mass is 28.3. The monoisotopic (exact) mass is 836 g/mol. The standard InChI is InChI=1S/C59H44N4Si/c1-41-31-35-55-53(37-41)54-38-42(2)32-36-56(54)63(55)46-33-34-51(59-61-57(43-19-8-3-9-20-43)60-58(62-59)44-21-10-4-11-22-44)52(40-46)45-23-18-30-50(39-45)64(47-24-12-5-13-25-47,48-26-14-6-15-27-48)49-28-16-7-17-29-49/h3-40H,1-2H3. The van der Waals surface area contributed by atoms with Crippen LogP contribution in [0, 0.1) is 13.8 Å². The molecule has 0 N–H and O–H groups in total. The fourth-order valence-electron chi connectivity index (χ4n) is 9.55. The molecule has 0 fully saturated rings. The van der Waals surface area contributed by atoms with E-state index in [4.69, 9.17) is 15.0 Å². The Morgan fingerprint density at radius 3 is 1.23 bits per heavy atom. The van der Waals surface area contributed by atoms with E-state index in [2.05, 4.69) is 213 Å². The van der Waals surface area contributed by atoms with Gasteiger partial charge in [0.2, 0.25) is 0 Å². The normalized spacial score (nSPS) is 11.6. The zero-order valence-electron chi connectivity index (χ0n) is 35.7. The summed E-state index contributed by atoms with van der Waals surface area (Å²) in [6, 6.07) is 83.4. The van der Waals surface area contributed by atoms with Gasteiger partial charge in [0.15, 0.2) is 25.5 Å². The molecule has 2 aromatic heterocycles. The highest BCUT2D eigenvalue weighted by molar-refractivity contribution is 7.19. The second-order valence-corrected chi connectivity index (χ2v) is 20.4. The van der Waals surface area contributed by atoms with E-state index < -0.39 is 8.07 Å². The number of fused-ring (bicyclic) bond motifs is 3. The van der Waals surface area contributed by atoms with E-state index in [0.717, 1.165) is 33.5 Å². The lowest BCUT2D eigenvalue weighted by atomic mass is 9.98. The van der Waals surface area contributed by atoms with Crippen LogP contribution in [0.25, 0.3) is 72.8 Å². The highest BCUT2D eigenvalue weighted by Crippen LogP contribution is 2.38. The molecule has 0 aliphatic heterocycles. The molecule has 0 aliphatic carbocycles. The Hall–Kier alpha value is -7.99. The largest absolute Gasteiger partial charge is 0.309 e. The van der Waals surface area contributed by atoms with Crippen molar-refractivity contribution in [3.8, 4) is 51.0 Å². The predicted octanol–water partition coefficient (Wildman–Crippen LogP) is 11.6. The van der Waals surface area contributed by atoms with Gasteiger partial charge in [-0.25, -0.2) is 15.0 Å². The van der Waals surface area contributed by atoms with Crippen LogP contribution in [0.15, 0.2) is 231 Å². The topological polar surface area (TPSA) is 43.6 Å². The smallest absolute Gasteiger partial charge is 0.179 e. The van der Waals surface area contributed by atoms with Crippen molar-refractivity contribution >= 4 is 50.6 Å². The van der Waals surface area contributed by atoms with E-state index in [0.29, 0.717) is 17.5 Å². The molecular weight excluding hydrogens is 793 g/mol. The highest BCUT2D eigenvalue weighted by Gasteiger charge is 2.41. The third-order valence-corrected chi connectivity index (χ3v) is 17.3. The van der Waals surface area contributed by atoms with Crippen molar-refractivity contribution in [1.82, 2.24) is 19.5 Å². The summed E-state index contributed by atoms with van der Waals surface area (Å²) >= 11 is 0. The van der Waals surface area contributed by atoms with Crippen molar-refractivity contribution in [3.05, 3.63) is 242 Å². The zero-order chi connectivity index (χ0) is 43.0. The Labute approximate surface area is 374 Å². The molecule has 0 saturated heterocycles. The summed E-state index contributed by atoms with van der Waals surface area (Å²) in [6.07, 6.45) is 0. The van der Waals surface area contributed by atoms with E-state index in [1.807, 2.05) is 36.4 Å². The molecule has 64 heavy (non-hydrogen) atoms. The van der Waals surface area contributed by atoms with E-state index in [-0.39, 0.29) is 0 Å². The van der Waals surface area contributed by atoms with Gasteiger partial charge in [-0.15, -0.1) is 0 Å². The second-order valence-electron chi connectivity index (χ2n) is 16.6. The number of benzene rings is 9. The first-order valence-corrected chi connectivity index (χ1v) is 23.9. The Balaban J connectivity index is 1.21. The average molecular weight is 837 g/mol. The number of hydrogen-bond acceptors (Lipinski definition) is 3. The molecule has 0 atom stereocenters. The van der Waals surface area contributed by atoms with E-state index in [9.17, 15) is 0 Å². The Morgan fingerprint density at radius 2 is 0.750 bits per heavy atom. The molecular formula is C59H44N4Si. The lowest BCUT2D eigenvalue weighted by molar-refractivity contribution is 1.07. The molecule has 0 bridgehead atoms.